The fraction of sp³-hybridized carbons (Fsp3) is 1.00. The first-order chi connectivity index (χ1) is 4.10. The van der Waals surface area contributed by atoms with Gasteiger partial charge in [-0.2, -0.15) is 0 Å². The van der Waals surface area contributed by atoms with Crippen molar-refractivity contribution in [3.05, 3.63) is 0 Å². The summed E-state index contributed by atoms with van der Waals surface area (Å²) in [4.78, 5) is 0. The molecule has 9 heavy (non-hydrogen) atoms. The molecule has 0 aromatic heterocycles. The minimum atomic E-state index is -0.461. The Bertz CT molecular complexity index is 91.1. The first-order valence-corrected chi connectivity index (χ1v) is 3.54. The van der Waals surface area contributed by atoms with Gasteiger partial charge in [-0.25, -0.2) is 0 Å². The summed E-state index contributed by atoms with van der Waals surface area (Å²) >= 11 is 0. The molecule has 0 atom stereocenters. The van der Waals surface area contributed by atoms with E-state index in [2.05, 4.69) is 0 Å². The molecular formula is C7H14NO. The maximum absolute atomic E-state index is 9.41. The molecule has 1 radical (unpaired) electrons. The Kier molecular flexibility index (Phi) is 1.78. The maximum atomic E-state index is 9.41. The van der Waals surface area contributed by atoms with Gasteiger partial charge in [0.2, 0.25) is 0 Å². The third-order valence-electron chi connectivity index (χ3n) is 2.06. The standard InChI is InChI=1S/C7H14NO/c1-7(9)4-2-6(8)3-5-7/h6,8-9H,2-5H2,1H3/t6-,7-. The summed E-state index contributed by atoms with van der Waals surface area (Å²) < 4.78 is 0. The predicted molar refractivity (Wildman–Crippen MR) is 36.0 cm³/mol. The van der Waals surface area contributed by atoms with E-state index in [1.165, 1.54) is 0 Å². The molecular weight excluding hydrogens is 114 g/mol. The van der Waals surface area contributed by atoms with Crippen LogP contribution in [-0.2, 0) is 0 Å². The van der Waals surface area contributed by atoms with Crippen molar-refractivity contribution < 1.29 is 5.11 Å². The molecule has 2 nitrogen and oxygen atoms in total. The topological polar surface area (TPSA) is 44.0 Å². The van der Waals surface area contributed by atoms with Crippen molar-refractivity contribution in [2.45, 2.75) is 44.2 Å². The number of rotatable bonds is 0. The van der Waals surface area contributed by atoms with Crippen LogP contribution in [0, 0.1) is 0 Å². The highest BCUT2D eigenvalue weighted by Crippen LogP contribution is 2.26. The summed E-state index contributed by atoms with van der Waals surface area (Å²) in [6.07, 6.45) is 3.35. The molecule has 53 valence electrons. The molecule has 0 aliphatic heterocycles. The molecule has 1 rings (SSSR count). The Labute approximate surface area is 56.1 Å². The van der Waals surface area contributed by atoms with E-state index >= 15 is 0 Å². The monoisotopic (exact) mass is 128 g/mol. The number of aliphatic hydroxyl groups is 1. The quantitative estimate of drug-likeness (QED) is 0.519. The molecule has 0 spiro atoms. The maximum Gasteiger partial charge on any atom is 0.0621 e. The minimum absolute atomic E-state index is 0.0882. The fourth-order valence-electron chi connectivity index (χ4n) is 1.24. The Morgan fingerprint density at radius 1 is 1.44 bits per heavy atom. The van der Waals surface area contributed by atoms with Gasteiger partial charge in [0.15, 0.2) is 0 Å². The van der Waals surface area contributed by atoms with Crippen molar-refractivity contribution in [2.75, 3.05) is 0 Å². The lowest BCUT2D eigenvalue weighted by molar-refractivity contribution is 0.0172. The molecule has 2 heteroatoms. The van der Waals surface area contributed by atoms with Gasteiger partial charge in [0.05, 0.1) is 5.60 Å². The van der Waals surface area contributed by atoms with E-state index in [-0.39, 0.29) is 6.04 Å². The predicted octanol–water partition coefficient (Wildman–Crippen LogP) is 0.963. The van der Waals surface area contributed by atoms with Gasteiger partial charge in [0, 0.05) is 6.04 Å². The second kappa shape index (κ2) is 2.27. The van der Waals surface area contributed by atoms with Crippen molar-refractivity contribution >= 4 is 0 Å². The second-order valence-corrected chi connectivity index (χ2v) is 3.27. The van der Waals surface area contributed by atoms with E-state index < -0.39 is 5.60 Å². The first-order valence-electron chi connectivity index (χ1n) is 3.54. The van der Waals surface area contributed by atoms with Crippen molar-refractivity contribution in [3.8, 4) is 0 Å². The van der Waals surface area contributed by atoms with E-state index in [0.717, 1.165) is 25.7 Å². The lowest BCUT2D eigenvalue weighted by atomic mass is 9.84. The van der Waals surface area contributed by atoms with Crippen molar-refractivity contribution in [1.29, 1.82) is 0 Å². The highest BCUT2D eigenvalue weighted by Gasteiger charge is 2.26. The highest BCUT2D eigenvalue weighted by molar-refractivity contribution is 4.82. The average Bonchev–Trinajstić information content (AvgIpc) is 1.78. The van der Waals surface area contributed by atoms with Crippen LogP contribution in [0.5, 0.6) is 0 Å². The SMILES string of the molecule is C[C@]1(O)CC[C@H]([NH])CC1. The highest BCUT2D eigenvalue weighted by atomic mass is 16.3. The molecule has 0 bridgehead atoms. The van der Waals surface area contributed by atoms with Crippen LogP contribution in [0.3, 0.4) is 0 Å². The van der Waals surface area contributed by atoms with Gasteiger partial charge in [-0.1, -0.05) is 0 Å². The van der Waals surface area contributed by atoms with Gasteiger partial charge in [-0.3, -0.25) is 5.73 Å². The van der Waals surface area contributed by atoms with E-state index in [1.807, 2.05) is 6.92 Å². The summed E-state index contributed by atoms with van der Waals surface area (Å²) in [5.74, 6) is 0. The minimum Gasteiger partial charge on any atom is -0.390 e. The van der Waals surface area contributed by atoms with Gasteiger partial charge in [-0.15, -0.1) is 0 Å². The van der Waals surface area contributed by atoms with E-state index in [1.54, 1.807) is 0 Å². The van der Waals surface area contributed by atoms with Crippen molar-refractivity contribution in [2.24, 2.45) is 0 Å². The summed E-state index contributed by atoms with van der Waals surface area (Å²) in [5.41, 5.74) is 6.88. The lowest BCUT2D eigenvalue weighted by Crippen LogP contribution is -2.32. The number of hydrogen-bond acceptors (Lipinski definition) is 1. The van der Waals surface area contributed by atoms with Crippen molar-refractivity contribution in [3.63, 3.8) is 0 Å². The largest absolute Gasteiger partial charge is 0.390 e. The van der Waals surface area contributed by atoms with Crippen LogP contribution in [0.15, 0.2) is 0 Å². The molecule has 0 unspecified atom stereocenters. The van der Waals surface area contributed by atoms with E-state index in [4.69, 9.17) is 5.73 Å². The van der Waals surface area contributed by atoms with Crippen LogP contribution >= 0.6 is 0 Å². The fourth-order valence-corrected chi connectivity index (χ4v) is 1.24. The Morgan fingerprint density at radius 2 is 1.89 bits per heavy atom. The summed E-state index contributed by atoms with van der Waals surface area (Å²) in [5, 5.41) is 9.41. The average molecular weight is 128 g/mol. The number of nitrogens with one attached hydrogen (secondary N) is 1. The van der Waals surface area contributed by atoms with Crippen LogP contribution in [-0.4, -0.2) is 16.7 Å². The third-order valence-corrected chi connectivity index (χ3v) is 2.06. The van der Waals surface area contributed by atoms with Gasteiger partial charge in [0.25, 0.3) is 0 Å². The first kappa shape index (κ1) is 7.03. The molecule has 0 heterocycles. The summed E-state index contributed by atoms with van der Waals surface area (Å²) in [7, 11) is 0. The third kappa shape index (κ3) is 1.95. The Morgan fingerprint density at radius 3 is 2.22 bits per heavy atom. The van der Waals surface area contributed by atoms with Crippen LogP contribution in [0.25, 0.3) is 0 Å². The van der Waals surface area contributed by atoms with Crippen LogP contribution in [0.2, 0.25) is 0 Å². The smallest absolute Gasteiger partial charge is 0.0621 e. The van der Waals surface area contributed by atoms with Gasteiger partial charge < -0.3 is 5.11 Å². The molecule has 1 aliphatic rings. The summed E-state index contributed by atoms with van der Waals surface area (Å²) in [6, 6.07) is 0.0882. The zero-order valence-electron chi connectivity index (χ0n) is 5.85. The van der Waals surface area contributed by atoms with E-state index in [9.17, 15) is 5.11 Å². The molecule has 0 amide bonds. The Balaban J connectivity index is 2.35. The molecule has 0 aromatic carbocycles. The van der Waals surface area contributed by atoms with Crippen LogP contribution < -0.4 is 5.73 Å². The normalized spacial score (nSPS) is 45.0. The lowest BCUT2D eigenvalue weighted by Gasteiger charge is -2.30. The second-order valence-electron chi connectivity index (χ2n) is 3.27. The van der Waals surface area contributed by atoms with E-state index in [0.29, 0.717) is 0 Å². The molecule has 2 N–H and O–H groups in total. The molecule has 0 aromatic rings. The van der Waals surface area contributed by atoms with Gasteiger partial charge in [0.1, 0.15) is 0 Å². The summed E-state index contributed by atoms with van der Waals surface area (Å²) in [6.45, 7) is 1.86. The van der Waals surface area contributed by atoms with Crippen LogP contribution in [0.4, 0.5) is 0 Å². The van der Waals surface area contributed by atoms with Crippen LogP contribution in [0.1, 0.15) is 32.6 Å². The zero-order valence-corrected chi connectivity index (χ0v) is 5.85. The Hall–Kier alpha value is -0.0800. The molecule has 0 saturated heterocycles. The van der Waals surface area contributed by atoms with Gasteiger partial charge >= 0.3 is 0 Å². The number of hydrogen-bond donors (Lipinski definition) is 1. The molecule has 1 fully saturated rings. The van der Waals surface area contributed by atoms with Gasteiger partial charge in [-0.05, 0) is 32.6 Å². The van der Waals surface area contributed by atoms with Crippen molar-refractivity contribution in [1.82, 2.24) is 5.73 Å². The molecule has 1 aliphatic carbocycles. The zero-order chi connectivity index (χ0) is 6.91. The molecule has 1 saturated carbocycles.